The van der Waals surface area contributed by atoms with E-state index in [9.17, 15) is 0 Å². The minimum Gasteiger partial charge on any atom is -0.486 e. The molecule has 0 saturated heterocycles. The van der Waals surface area contributed by atoms with Gasteiger partial charge >= 0.3 is 0 Å². The number of nitrogens with one attached hydrogen (secondary N) is 1. The number of para-hydroxylation sites is 9. The SMILES string of the molecule is c1ccc2c(c1)OCCO2.c1ccc2c(c1)OCO2.c1ccc2c(c1)[nH]c1ccccc12.c1ccc2c(c1)cc1n2CCC1.c1ccc2c(c1)oc1ccccc12. The van der Waals surface area contributed by atoms with Gasteiger partial charge in [-0.1, -0.05) is 115 Å². The van der Waals surface area contributed by atoms with Crippen LogP contribution >= 0.6 is 0 Å². The van der Waals surface area contributed by atoms with E-state index in [-0.39, 0.29) is 0 Å². The Labute approximate surface area is 330 Å². The summed E-state index contributed by atoms with van der Waals surface area (Å²) in [5.74, 6) is 3.40. The highest BCUT2D eigenvalue weighted by atomic mass is 16.7. The Morgan fingerprint density at radius 3 is 1.47 bits per heavy atom. The fourth-order valence-electron chi connectivity index (χ4n) is 7.47. The number of benzene rings is 7. The molecule has 57 heavy (non-hydrogen) atoms. The smallest absolute Gasteiger partial charge is 0.231 e. The van der Waals surface area contributed by atoms with Crippen molar-refractivity contribution in [1.82, 2.24) is 9.55 Å². The number of furan rings is 1. The summed E-state index contributed by atoms with van der Waals surface area (Å²) in [4.78, 5) is 3.38. The van der Waals surface area contributed by atoms with Crippen molar-refractivity contribution in [2.24, 2.45) is 0 Å². The Kier molecular flexibility index (Phi) is 10.4. The van der Waals surface area contributed by atoms with E-state index in [0.29, 0.717) is 20.0 Å². The molecule has 0 unspecified atom stereocenters. The second-order valence-corrected chi connectivity index (χ2v) is 13.8. The summed E-state index contributed by atoms with van der Waals surface area (Å²) in [7, 11) is 0. The number of H-pyrrole nitrogens is 1. The molecule has 282 valence electrons. The molecule has 10 aromatic rings. The highest BCUT2D eigenvalue weighted by molar-refractivity contribution is 6.07. The van der Waals surface area contributed by atoms with Crippen LogP contribution in [0.15, 0.2) is 180 Å². The monoisotopic (exact) mass is 750 g/mol. The van der Waals surface area contributed by atoms with Gasteiger partial charge in [-0.25, -0.2) is 0 Å². The zero-order valence-electron chi connectivity index (χ0n) is 31.5. The molecule has 0 aliphatic carbocycles. The predicted octanol–water partition coefficient (Wildman–Crippen LogP) is 12.4. The van der Waals surface area contributed by atoms with Gasteiger partial charge in [0.25, 0.3) is 0 Å². The van der Waals surface area contributed by atoms with Crippen molar-refractivity contribution < 1.29 is 23.4 Å². The van der Waals surface area contributed by atoms with Crippen LogP contribution in [0.2, 0.25) is 0 Å². The lowest BCUT2D eigenvalue weighted by molar-refractivity contribution is 0.171. The largest absolute Gasteiger partial charge is 0.486 e. The quantitative estimate of drug-likeness (QED) is 0.167. The van der Waals surface area contributed by atoms with E-state index in [0.717, 1.165) is 34.2 Å². The number of aryl methyl sites for hydroxylation is 2. The van der Waals surface area contributed by atoms with E-state index in [1.54, 1.807) is 0 Å². The van der Waals surface area contributed by atoms with Crippen LogP contribution in [0.4, 0.5) is 0 Å². The van der Waals surface area contributed by atoms with Gasteiger partial charge in [-0.05, 0) is 78.9 Å². The lowest BCUT2D eigenvalue weighted by atomic mass is 10.2. The molecule has 0 atom stereocenters. The molecule has 0 amide bonds. The first-order valence-corrected chi connectivity index (χ1v) is 19.4. The van der Waals surface area contributed by atoms with Crippen molar-refractivity contribution in [3.8, 4) is 23.0 Å². The number of ether oxygens (including phenoxy) is 4. The van der Waals surface area contributed by atoms with Crippen LogP contribution in [-0.2, 0) is 13.0 Å². The van der Waals surface area contributed by atoms with E-state index in [4.69, 9.17) is 23.4 Å². The zero-order valence-corrected chi connectivity index (χ0v) is 31.5. The van der Waals surface area contributed by atoms with Crippen LogP contribution in [0.5, 0.6) is 23.0 Å². The third kappa shape index (κ3) is 7.86. The molecule has 7 aromatic carbocycles. The molecule has 3 aliphatic heterocycles. The standard InChI is InChI=1S/C12H9N.C12H8O.C11H11N.C8H8O2.C7H6O2/c2*1-3-7-11-9(5-1)10-6-2-4-8-12(10)13-11;1-2-6-11-9(4-1)8-10-5-3-7-12(10)11;1-2-4-8-7(3-1)9-5-6-10-8;1-2-4-7-6(3-1)8-5-9-7/h1-8,13H;1-8H;1-2,4,6,8H,3,5,7H2;1-4H,5-6H2;1-4H,5H2. The van der Waals surface area contributed by atoms with Gasteiger partial charge in [0, 0.05) is 50.3 Å². The van der Waals surface area contributed by atoms with Crippen molar-refractivity contribution in [1.29, 1.82) is 0 Å². The average Bonchev–Trinajstić information content (AvgIpc) is 4.13. The topological polar surface area (TPSA) is 70.8 Å². The maximum atomic E-state index is 5.65. The molecular weight excluding hydrogens is 709 g/mol. The number of rotatable bonds is 0. The van der Waals surface area contributed by atoms with E-state index in [2.05, 4.69) is 101 Å². The molecule has 6 heterocycles. The van der Waals surface area contributed by atoms with Crippen LogP contribution in [0.3, 0.4) is 0 Å². The Bertz CT molecular complexity index is 2650. The molecule has 0 bridgehead atoms. The normalized spacial score (nSPS) is 13.1. The molecular formula is C50H42N2O5. The van der Waals surface area contributed by atoms with Gasteiger partial charge in [0.15, 0.2) is 23.0 Å². The molecule has 3 aromatic heterocycles. The molecule has 3 aliphatic rings. The second kappa shape index (κ2) is 16.7. The highest BCUT2D eigenvalue weighted by Gasteiger charge is 2.13. The number of hydrogen-bond donors (Lipinski definition) is 1. The summed E-state index contributed by atoms with van der Waals surface area (Å²) < 4.78 is 28.8. The van der Waals surface area contributed by atoms with Gasteiger partial charge in [-0.15, -0.1) is 0 Å². The Hall–Kier alpha value is -7.12. The van der Waals surface area contributed by atoms with Crippen LogP contribution in [0.1, 0.15) is 12.1 Å². The van der Waals surface area contributed by atoms with Gasteiger partial charge in [0.1, 0.15) is 24.4 Å². The van der Waals surface area contributed by atoms with Gasteiger partial charge in [0.05, 0.1) is 0 Å². The third-order valence-electron chi connectivity index (χ3n) is 10.1. The number of nitrogens with zero attached hydrogens (tertiary/aromatic N) is 1. The molecule has 0 spiro atoms. The maximum Gasteiger partial charge on any atom is 0.231 e. The maximum absolute atomic E-state index is 5.65. The first-order valence-electron chi connectivity index (χ1n) is 19.4. The second-order valence-electron chi connectivity index (χ2n) is 13.8. The van der Waals surface area contributed by atoms with E-state index in [1.807, 2.05) is 84.9 Å². The molecule has 1 N–H and O–H groups in total. The highest BCUT2D eigenvalue weighted by Crippen LogP contribution is 2.31. The van der Waals surface area contributed by atoms with Gasteiger partial charge in [-0.3, -0.25) is 0 Å². The number of aromatic nitrogens is 2. The number of hydrogen-bond acceptors (Lipinski definition) is 5. The molecule has 0 saturated carbocycles. The Balaban J connectivity index is 0.0000000933. The molecule has 13 rings (SSSR count). The first-order chi connectivity index (χ1) is 28.3. The van der Waals surface area contributed by atoms with Gasteiger partial charge in [-0.2, -0.15) is 0 Å². The van der Waals surface area contributed by atoms with E-state index < -0.39 is 0 Å². The van der Waals surface area contributed by atoms with Crippen molar-refractivity contribution in [3.05, 3.63) is 182 Å². The van der Waals surface area contributed by atoms with Crippen LogP contribution < -0.4 is 18.9 Å². The Morgan fingerprint density at radius 1 is 0.439 bits per heavy atom. The summed E-state index contributed by atoms with van der Waals surface area (Å²) in [6.07, 6.45) is 2.58. The summed E-state index contributed by atoms with van der Waals surface area (Å²) in [6, 6.07) is 59.2. The average molecular weight is 751 g/mol. The fourth-order valence-corrected chi connectivity index (χ4v) is 7.47. The zero-order chi connectivity index (χ0) is 38.2. The van der Waals surface area contributed by atoms with Crippen LogP contribution in [0.25, 0.3) is 54.6 Å². The third-order valence-corrected chi connectivity index (χ3v) is 10.1. The summed E-state index contributed by atoms with van der Waals surface area (Å²) in [5.41, 5.74) is 7.26. The minimum atomic E-state index is 0.360. The lowest BCUT2D eigenvalue weighted by Gasteiger charge is -2.17. The number of aromatic amines is 1. The van der Waals surface area contributed by atoms with Crippen molar-refractivity contribution in [2.75, 3.05) is 20.0 Å². The van der Waals surface area contributed by atoms with E-state index >= 15 is 0 Å². The molecule has 0 fully saturated rings. The number of fused-ring (bicyclic) bond motifs is 11. The van der Waals surface area contributed by atoms with Crippen LogP contribution in [0, 0.1) is 0 Å². The molecule has 7 nitrogen and oxygen atoms in total. The molecule has 0 radical (unpaired) electrons. The summed E-state index contributed by atoms with van der Waals surface area (Å²) in [6.45, 7) is 2.90. The van der Waals surface area contributed by atoms with Gasteiger partial charge in [0.2, 0.25) is 6.79 Å². The predicted molar refractivity (Wildman–Crippen MR) is 230 cm³/mol. The Morgan fingerprint density at radius 2 is 0.895 bits per heavy atom. The minimum absolute atomic E-state index is 0.360. The molecule has 7 heteroatoms. The first kappa shape index (κ1) is 35.6. The van der Waals surface area contributed by atoms with Gasteiger partial charge < -0.3 is 32.9 Å². The summed E-state index contributed by atoms with van der Waals surface area (Å²) >= 11 is 0. The van der Waals surface area contributed by atoms with Crippen LogP contribution in [-0.4, -0.2) is 29.6 Å². The lowest BCUT2D eigenvalue weighted by Crippen LogP contribution is -2.14. The van der Waals surface area contributed by atoms with Crippen molar-refractivity contribution >= 4 is 54.6 Å². The van der Waals surface area contributed by atoms with Crippen molar-refractivity contribution in [2.45, 2.75) is 19.4 Å². The fraction of sp³-hybridized carbons (Fsp3) is 0.120. The van der Waals surface area contributed by atoms with E-state index in [1.165, 1.54) is 68.6 Å². The summed E-state index contributed by atoms with van der Waals surface area (Å²) in [5, 5.41) is 6.39. The van der Waals surface area contributed by atoms with Crippen molar-refractivity contribution in [3.63, 3.8) is 0 Å².